The van der Waals surface area contributed by atoms with Crippen LogP contribution < -0.4 is 10.6 Å². The fourth-order valence-electron chi connectivity index (χ4n) is 2.47. The quantitative estimate of drug-likeness (QED) is 0.650. The second kappa shape index (κ2) is 5.60. The van der Waals surface area contributed by atoms with Crippen LogP contribution in [-0.2, 0) is 0 Å². The van der Waals surface area contributed by atoms with Crippen LogP contribution >= 0.6 is 0 Å². The monoisotopic (exact) mass is 279 g/mol. The molecule has 0 saturated heterocycles. The van der Waals surface area contributed by atoms with Gasteiger partial charge in [0.1, 0.15) is 6.20 Å². The molecule has 0 aromatic carbocycles. The van der Waals surface area contributed by atoms with E-state index in [2.05, 4.69) is 34.4 Å². The third-order valence-corrected chi connectivity index (χ3v) is 3.87. The van der Waals surface area contributed by atoms with Crippen LogP contribution in [0.15, 0.2) is 6.20 Å². The van der Waals surface area contributed by atoms with Crippen LogP contribution in [0.5, 0.6) is 0 Å². The lowest BCUT2D eigenvalue weighted by Gasteiger charge is -2.34. The van der Waals surface area contributed by atoms with E-state index in [1.165, 1.54) is 6.20 Å². The van der Waals surface area contributed by atoms with Crippen molar-refractivity contribution in [1.82, 2.24) is 9.97 Å². The van der Waals surface area contributed by atoms with Gasteiger partial charge in [0, 0.05) is 13.1 Å². The molecule has 1 aromatic heterocycles. The maximum absolute atomic E-state index is 11.0. The molecule has 1 aliphatic carbocycles. The lowest BCUT2D eigenvalue weighted by molar-refractivity contribution is -0.384. The maximum Gasteiger partial charge on any atom is 0.329 e. The first-order valence-corrected chi connectivity index (χ1v) is 6.87. The summed E-state index contributed by atoms with van der Waals surface area (Å²) in [6.07, 6.45) is 5.48. The zero-order valence-electron chi connectivity index (χ0n) is 12.1. The fourth-order valence-corrected chi connectivity index (χ4v) is 2.47. The molecule has 2 rings (SSSR count). The largest absolute Gasteiger partial charge is 0.361 e. The molecule has 7 nitrogen and oxygen atoms in total. The molecule has 1 aromatic rings. The van der Waals surface area contributed by atoms with Gasteiger partial charge in [-0.15, -0.1) is 0 Å². The van der Waals surface area contributed by atoms with E-state index >= 15 is 0 Å². The third kappa shape index (κ3) is 3.34. The second-order valence-corrected chi connectivity index (χ2v) is 6.02. The van der Waals surface area contributed by atoms with Gasteiger partial charge in [-0.3, -0.25) is 10.1 Å². The Labute approximate surface area is 118 Å². The van der Waals surface area contributed by atoms with Crippen molar-refractivity contribution in [3.8, 4) is 0 Å². The number of rotatable bonds is 4. The zero-order valence-corrected chi connectivity index (χ0v) is 12.1. The Kier molecular flexibility index (Phi) is 4.06. The summed E-state index contributed by atoms with van der Waals surface area (Å²) < 4.78 is 0. The highest BCUT2D eigenvalue weighted by molar-refractivity contribution is 5.57. The Balaban J connectivity index is 2.14. The Morgan fingerprint density at radius 1 is 1.40 bits per heavy atom. The summed E-state index contributed by atoms with van der Waals surface area (Å²) in [6, 6.07) is 0.237. The van der Waals surface area contributed by atoms with Crippen LogP contribution in [0.25, 0.3) is 0 Å². The first-order chi connectivity index (χ1) is 9.41. The van der Waals surface area contributed by atoms with Crippen molar-refractivity contribution in [3.63, 3.8) is 0 Å². The molecule has 0 bridgehead atoms. The summed E-state index contributed by atoms with van der Waals surface area (Å²) in [6.45, 7) is 4.52. The van der Waals surface area contributed by atoms with E-state index < -0.39 is 4.92 Å². The first-order valence-electron chi connectivity index (χ1n) is 6.87. The molecule has 0 spiro atoms. The molecular formula is C13H21N5O2. The van der Waals surface area contributed by atoms with Crippen molar-refractivity contribution in [3.05, 3.63) is 16.3 Å². The number of nitro groups is 1. The van der Waals surface area contributed by atoms with Gasteiger partial charge in [-0.1, -0.05) is 13.8 Å². The van der Waals surface area contributed by atoms with Gasteiger partial charge < -0.3 is 10.6 Å². The molecular weight excluding hydrogens is 258 g/mol. The number of nitrogens with one attached hydrogen (secondary N) is 2. The fraction of sp³-hybridized carbons (Fsp3) is 0.692. The van der Waals surface area contributed by atoms with Crippen LogP contribution in [0.1, 0.15) is 39.5 Å². The highest BCUT2D eigenvalue weighted by Gasteiger charge is 2.28. The predicted octanol–water partition coefficient (Wildman–Crippen LogP) is 2.81. The van der Waals surface area contributed by atoms with E-state index in [4.69, 9.17) is 0 Å². The Bertz CT molecular complexity index is 494. The molecule has 1 saturated carbocycles. The molecule has 0 unspecified atom stereocenters. The van der Waals surface area contributed by atoms with E-state index in [1.54, 1.807) is 7.05 Å². The van der Waals surface area contributed by atoms with Crippen LogP contribution in [0.2, 0.25) is 0 Å². The highest BCUT2D eigenvalue weighted by Crippen LogP contribution is 2.36. The van der Waals surface area contributed by atoms with Crippen LogP contribution in [-0.4, -0.2) is 28.0 Å². The summed E-state index contributed by atoms with van der Waals surface area (Å²) in [7, 11) is 1.69. The summed E-state index contributed by atoms with van der Waals surface area (Å²) in [5.41, 5.74) is 0.292. The van der Waals surface area contributed by atoms with E-state index in [1.807, 2.05) is 0 Å². The topological polar surface area (TPSA) is 93.0 Å². The minimum Gasteiger partial charge on any atom is -0.361 e. The normalized spacial score (nSPS) is 18.6. The SMILES string of the molecule is CNc1ncc([N+](=O)[O-])c(NC2CCC(C)(C)CC2)n1. The Morgan fingerprint density at radius 2 is 2.05 bits per heavy atom. The van der Waals surface area contributed by atoms with Gasteiger partial charge in [0.15, 0.2) is 0 Å². The van der Waals surface area contributed by atoms with E-state index in [0.29, 0.717) is 17.2 Å². The van der Waals surface area contributed by atoms with Gasteiger partial charge in [-0.05, 0) is 31.1 Å². The highest BCUT2D eigenvalue weighted by atomic mass is 16.6. The molecule has 0 amide bonds. The maximum atomic E-state index is 11.0. The zero-order chi connectivity index (χ0) is 14.8. The summed E-state index contributed by atoms with van der Waals surface area (Å²) in [5, 5.41) is 17.0. The predicted molar refractivity (Wildman–Crippen MR) is 77.9 cm³/mol. The lowest BCUT2D eigenvalue weighted by Crippen LogP contribution is -2.30. The number of aromatic nitrogens is 2. The van der Waals surface area contributed by atoms with E-state index in [-0.39, 0.29) is 11.7 Å². The Morgan fingerprint density at radius 3 is 2.60 bits per heavy atom. The minimum absolute atomic E-state index is 0.0752. The summed E-state index contributed by atoms with van der Waals surface area (Å²) in [4.78, 5) is 18.6. The number of hydrogen-bond donors (Lipinski definition) is 2. The molecule has 1 fully saturated rings. The molecule has 0 radical (unpaired) electrons. The minimum atomic E-state index is -0.450. The van der Waals surface area contributed by atoms with Gasteiger partial charge in [0.25, 0.3) is 0 Å². The van der Waals surface area contributed by atoms with E-state index in [0.717, 1.165) is 25.7 Å². The molecule has 7 heteroatoms. The molecule has 20 heavy (non-hydrogen) atoms. The molecule has 0 atom stereocenters. The van der Waals surface area contributed by atoms with Crippen LogP contribution in [0.3, 0.4) is 0 Å². The van der Waals surface area contributed by atoms with Crippen LogP contribution in [0, 0.1) is 15.5 Å². The average Bonchev–Trinajstić information content (AvgIpc) is 2.40. The van der Waals surface area contributed by atoms with Gasteiger partial charge in [0.2, 0.25) is 11.8 Å². The van der Waals surface area contributed by atoms with Crippen molar-refractivity contribution < 1.29 is 4.92 Å². The van der Waals surface area contributed by atoms with Crippen molar-refractivity contribution in [2.24, 2.45) is 5.41 Å². The average molecular weight is 279 g/mol. The van der Waals surface area contributed by atoms with Crippen molar-refractivity contribution in [2.75, 3.05) is 17.7 Å². The molecule has 1 aliphatic rings. The van der Waals surface area contributed by atoms with E-state index in [9.17, 15) is 10.1 Å². The number of hydrogen-bond acceptors (Lipinski definition) is 6. The van der Waals surface area contributed by atoms with Crippen molar-refractivity contribution in [1.29, 1.82) is 0 Å². The van der Waals surface area contributed by atoms with Crippen molar-refractivity contribution >= 4 is 17.5 Å². The standard InChI is InChI=1S/C13H21N5O2/c1-13(2)6-4-9(5-7-13)16-11-10(18(19)20)8-15-12(14-3)17-11/h8-9H,4-7H2,1-3H3,(H2,14,15,16,17). The third-order valence-electron chi connectivity index (χ3n) is 3.87. The van der Waals surface area contributed by atoms with Gasteiger partial charge in [-0.2, -0.15) is 4.98 Å². The van der Waals surface area contributed by atoms with Gasteiger partial charge in [0.05, 0.1) is 4.92 Å². The number of nitrogens with zero attached hydrogens (tertiary/aromatic N) is 3. The molecule has 2 N–H and O–H groups in total. The molecule has 1 heterocycles. The van der Waals surface area contributed by atoms with Crippen molar-refractivity contribution in [2.45, 2.75) is 45.6 Å². The summed E-state index contributed by atoms with van der Waals surface area (Å²) in [5.74, 6) is 0.688. The van der Waals surface area contributed by atoms with Gasteiger partial charge in [-0.25, -0.2) is 4.98 Å². The smallest absolute Gasteiger partial charge is 0.329 e. The molecule has 0 aliphatic heterocycles. The second-order valence-electron chi connectivity index (χ2n) is 6.02. The number of anilines is 2. The molecule has 110 valence electrons. The lowest BCUT2D eigenvalue weighted by atomic mass is 9.75. The van der Waals surface area contributed by atoms with Gasteiger partial charge >= 0.3 is 5.69 Å². The summed E-state index contributed by atoms with van der Waals surface area (Å²) >= 11 is 0. The Hall–Kier alpha value is -1.92. The van der Waals surface area contributed by atoms with Crippen LogP contribution in [0.4, 0.5) is 17.5 Å². The first kappa shape index (κ1) is 14.5.